The second-order valence-corrected chi connectivity index (χ2v) is 5.21. The Kier molecular flexibility index (Phi) is 3.12. The Morgan fingerprint density at radius 3 is 2.62 bits per heavy atom. The predicted octanol–water partition coefficient (Wildman–Crippen LogP) is 1.94. The number of nitrogens with zero attached hydrogens (tertiary/aromatic N) is 1. The van der Waals surface area contributed by atoms with Gasteiger partial charge in [0.1, 0.15) is 5.78 Å². The van der Waals surface area contributed by atoms with Crippen molar-refractivity contribution in [2.75, 3.05) is 20.1 Å². The molecule has 0 N–H and O–H groups in total. The standard InChI is InChI=1S/C11H21NO/c1-9(13)10-5-6-11(2,3)8-12(4)7-10/h10H,5-8H2,1-4H3. The molecule has 1 heterocycles. The Morgan fingerprint density at radius 1 is 1.46 bits per heavy atom. The van der Waals surface area contributed by atoms with E-state index in [0.29, 0.717) is 11.2 Å². The molecule has 2 nitrogen and oxygen atoms in total. The molecule has 0 radical (unpaired) electrons. The molecule has 0 saturated carbocycles. The van der Waals surface area contributed by atoms with E-state index in [9.17, 15) is 4.79 Å². The van der Waals surface area contributed by atoms with Gasteiger partial charge in [-0.05, 0) is 32.2 Å². The van der Waals surface area contributed by atoms with Gasteiger partial charge >= 0.3 is 0 Å². The van der Waals surface area contributed by atoms with Crippen LogP contribution >= 0.6 is 0 Å². The molecule has 1 aliphatic heterocycles. The summed E-state index contributed by atoms with van der Waals surface area (Å²) >= 11 is 0. The van der Waals surface area contributed by atoms with Crippen molar-refractivity contribution in [3.8, 4) is 0 Å². The van der Waals surface area contributed by atoms with Crippen LogP contribution in [-0.2, 0) is 4.79 Å². The van der Waals surface area contributed by atoms with Crippen molar-refractivity contribution in [3.05, 3.63) is 0 Å². The van der Waals surface area contributed by atoms with Gasteiger partial charge in [-0.2, -0.15) is 0 Å². The van der Waals surface area contributed by atoms with E-state index >= 15 is 0 Å². The zero-order chi connectivity index (χ0) is 10.1. The summed E-state index contributed by atoms with van der Waals surface area (Å²) in [5.41, 5.74) is 0.374. The van der Waals surface area contributed by atoms with Crippen molar-refractivity contribution < 1.29 is 4.79 Å². The fraction of sp³-hybridized carbons (Fsp3) is 0.909. The van der Waals surface area contributed by atoms with E-state index in [4.69, 9.17) is 0 Å². The van der Waals surface area contributed by atoms with Crippen LogP contribution in [0.2, 0.25) is 0 Å². The SMILES string of the molecule is CC(=O)C1CCC(C)(C)CN(C)C1. The summed E-state index contributed by atoms with van der Waals surface area (Å²) in [6.45, 7) is 8.34. The molecule has 0 amide bonds. The van der Waals surface area contributed by atoms with Crippen LogP contribution in [0.4, 0.5) is 0 Å². The zero-order valence-electron chi connectivity index (χ0n) is 9.26. The first-order valence-corrected chi connectivity index (χ1v) is 5.10. The summed E-state index contributed by atoms with van der Waals surface area (Å²) in [6.07, 6.45) is 2.23. The van der Waals surface area contributed by atoms with Gasteiger partial charge < -0.3 is 4.90 Å². The van der Waals surface area contributed by atoms with Gasteiger partial charge in [0.2, 0.25) is 0 Å². The molecule has 0 aromatic rings. The molecule has 0 aliphatic carbocycles. The summed E-state index contributed by atoms with van der Waals surface area (Å²) in [7, 11) is 2.11. The van der Waals surface area contributed by atoms with Gasteiger partial charge in [0.25, 0.3) is 0 Å². The van der Waals surface area contributed by atoms with Gasteiger partial charge in [0.05, 0.1) is 0 Å². The van der Waals surface area contributed by atoms with Crippen LogP contribution < -0.4 is 0 Å². The van der Waals surface area contributed by atoms with Crippen LogP contribution in [0, 0.1) is 11.3 Å². The maximum Gasteiger partial charge on any atom is 0.134 e. The van der Waals surface area contributed by atoms with Gasteiger partial charge in [-0.1, -0.05) is 13.8 Å². The third-order valence-electron chi connectivity index (χ3n) is 2.97. The molecule has 0 aromatic carbocycles. The van der Waals surface area contributed by atoms with Crippen molar-refractivity contribution in [3.63, 3.8) is 0 Å². The minimum atomic E-state index is 0.270. The summed E-state index contributed by atoms with van der Waals surface area (Å²) < 4.78 is 0. The highest BCUT2D eigenvalue weighted by atomic mass is 16.1. The molecular formula is C11H21NO. The summed E-state index contributed by atoms with van der Waals surface area (Å²) in [5.74, 6) is 0.622. The molecule has 76 valence electrons. The van der Waals surface area contributed by atoms with Crippen LogP contribution in [0.5, 0.6) is 0 Å². The lowest BCUT2D eigenvalue weighted by Crippen LogP contribution is -2.31. The smallest absolute Gasteiger partial charge is 0.134 e. The van der Waals surface area contributed by atoms with Gasteiger partial charge in [-0.3, -0.25) is 4.79 Å². The van der Waals surface area contributed by atoms with Crippen molar-refractivity contribution in [2.24, 2.45) is 11.3 Å². The summed E-state index contributed by atoms with van der Waals surface area (Å²) in [5, 5.41) is 0. The predicted molar refractivity (Wildman–Crippen MR) is 54.7 cm³/mol. The molecule has 1 fully saturated rings. The summed E-state index contributed by atoms with van der Waals surface area (Å²) in [4.78, 5) is 13.6. The number of hydrogen-bond acceptors (Lipinski definition) is 2. The molecule has 0 aromatic heterocycles. The van der Waals surface area contributed by atoms with E-state index in [-0.39, 0.29) is 5.92 Å². The fourth-order valence-corrected chi connectivity index (χ4v) is 2.24. The van der Waals surface area contributed by atoms with E-state index in [1.54, 1.807) is 6.92 Å². The average molecular weight is 183 g/mol. The highest BCUT2D eigenvalue weighted by molar-refractivity contribution is 5.78. The molecule has 2 heteroatoms. The van der Waals surface area contributed by atoms with Crippen LogP contribution in [0.3, 0.4) is 0 Å². The molecule has 13 heavy (non-hydrogen) atoms. The number of carbonyl (C=O) groups is 1. The van der Waals surface area contributed by atoms with E-state index in [1.807, 2.05) is 0 Å². The Morgan fingerprint density at radius 2 is 2.08 bits per heavy atom. The second-order valence-electron chi connectivity index (χ2n) is 5.21. The van der Waals surface area contributed by atoms with E-state index in [1.165, 1.54) is 6.42 Å². The molecule has 1 saturated heterocycles. The highest BCUT2D eigenvalue weighted by Gasteiger charge is 2.28. The lowest BCUT2D eigenvalue weighted by atomic mass is 9.86. The molecule has 0 spiro atoms. The normalized spacial score (nSPS) is 29.7. The third kappa shape index (κ3) is 3.11. The fourth-order valence-electron chi connectivity index (χ4n) is 2.24. The minimum absolute atomic E-state index is 0.270. The molecule has 1 unspecified atom stereocenters. The Hall–Kier alpha value is -0.370. The third-order valence-corrected chi connectivity index (χ3v) is 2.97. The number of carbonyl (C=O) groups excluding carboxylic acids is 1. The van der Waals surface area contributed by atoms with Crippen LogP contribution in [-0.4, -0.2) is 30.8 Å². The number of hydrogen-bond donors (Lipinski definition) is 0. The van der Waals surface area contributed by atoms with Crippen LogP contribution in [0.15, 0.2) is 0 Å². The number of Topliss-reactive ketones (excluding diaryl/α,β-unsaturated/α-hetero) is 1. The average Bonchev–Trinajstić information content (AvgIpc) is 2.07. The summed E-state index contributed by atoms with van der Waals surface area (Å²) in [6, 6.07) is 0. The molecule has 0 bridgehead atoms. The van der Waals surface area contributed by atoms with Crippen molar-refractivity contribution >= 4 is 5.78 Å². The lowest BCUT2D eigenvalue weighted by molar-refractivity contribution is -0.121. The lowest BCUT2D eigenvalue weighted by Gasteiger charge is -2.26. The minimum Gasteiger partial charge on any atom is -0.305 e. The van der Waals surface area contributed by atoms with E-state index in [2.05, 4.69) is 25.8 Å². The van der Waals surface area contributed by atoms with Crippen LogP contribution in [0.1, 0.15) is 33.6 Å². The first-order valence-electron chi connectivity index (χ1n) is 5.10. The maximum atomic E-state index is 11.3. The van der Waals surface area contributed by atoms with Gasteiger partial charge in [0.15, 0.2) is 0 Å². The highest BCUT2D eigenvalue weighted by Crippen LogP contribution is 2.29. The van der Waals surface area contributed by atoms with E-state index < -0.39 is 0 Å². The second kappa shape index (κ2) is 3.79. The quantitative estimate of drug-likeness (QED) is 0.619. The molecule has 1 rings (SSSR count). The zero-order valence-corrected chi connectivity index (χ0v) is 9.26. The topological polar surface area (TPSA) is 20.3 Å². The Labute approximate surface area is 81.3 Å². The number of rotatable bonds is 1. The molecule has 1 aliphatic rings. The number of ketones is 1. The Bertz CT molecular complexity index is 198. The molecule has 1 atom stereocenters. The maximum absolute atomic E-state index is 11.3. The van der Waals surface area contributed by atoms with Crippen molar-refractivity contribution in [1.82, 2.24) is 4.90 Å². The first kappa shape index (κ1) is 10.7. The Balaban J connectivity index is 2.63. The number of likely N-dealkylation sites (tertiary alicyclic amines) is 1. The molecular weight excluding hydrogens is 162 g/mol. The largest absolute Gasteiger partial charge is 0.305 e. The van der Waals surface area contributed by atoms with Crippen LogP contribution in [0.25, 0.3) is 0 Å². The van der Waals surface area contributed by atoms with E-state index in [0.717, 1.165) is 19.5 Å². The van der Waals surface area contributed by atoms with Gasteiger partial charge in [-0.25, -0.2) is 0 Å². The monoisotopic (exact) mass is 183 g/mol. The van der Waals surface area contributed by atoms with Gasteiger partial charge in [0, 0.05) is 19.0 Å². The van der Waals surface area contributed by atoms with Gasteiger partial charge in [-0.15, -0.1) is 0 Å². The van der Waals surface area contributed by atoms with Crippen molar-refractivity contribution in [1.29, 1.82) is 0 Å². The van der Waals surface area contributed by atoms with Crippen molar-refractivity contribution in [2.45, 2.75) is 33.6 Å². The first-order chi connectivity index (χ1) is 5.91.